The van der Waals surface area contributed by atoms with Gasteiger partial charge in [-0.2, -0.15) is 0 Å². The van der Waals surface area contributed by atoms with Crippen molar-refractivity contribution < 1.29 is 5.48 Å². The maximum Gasteiger partial charge on any atom is 0.0942 e. The fraction of sp³-hybridized carbons (Fsp3) is 0.714. The van der Waals surface area contributed by atoms with Gasteiger partial charge in [0, 0.05) is 0 Å². The lowest BCUT2D eigenvalue weighted by atomic mass is 9.93. The van der Waals surface area contributed by atoms with E-state index in [-0.39, 0.29) is 0 Å². The van der Waals surface area contributed by atoms with Crippen LogP contribution in [0.25, 0.3) is 0 Å². The molecule has 0 rings (SSSR count). The minimum absolute atomic E-state index is 0.557. The molecule has 0 aromatic rings. The number of hydrogen-bond donors (Lipinski definition) is 1. The summed E-state index contributed by atoms with van der Waals surface area (Å²) >= 11 is 0. The van der Waals surface area contributed by atoms with Crippen molar-refractivity contribution in [3.63, 3.8) is 0 Å². The lowest BCUT2D eigenvalue weighted by Crippen LogP contribution is -2.76. The second kappa shape index (κ2) is 9.61. The van der Waals surface area contributed by atoms with Gasteiger partial charge in [0.25, 0.3) is 0 Å². The van der Waals surface area contributed by atoms with Gasteiger partial charge in [-0.3, -0.25) is 0 Å². The molecule has 0 aliphatic rings. The Morgan fingerprint density at radius 2 is 1.81 bits per heavy atom. The van der Waals surface area contributed by atoms with E-state index in [9.17, 15) is 5.21 Å². The molecule has 0 heterocycles. The zero-order valence-corrected chi connectivity index (χ0v) is 11.3. The van der Waals surface area contributed by atoms with Gasteiger partial charge < -0.3 is 10.7 Å². The van der Waals surface area contributed by atoms with Crippen LogP contribution in [0.5, 0.6) is 0 Å². The van der Waals surface area contributed by atoms with Crippen molar-refractivity contribution in [3.05, 3.63) is 28.5 Å². The third-order valence-corrected chi connectivity index (χ3v) is 3.20. The normalized spacial score (nSPS) is 13.6. The highest BCUT2D eigenvalue weighted by Gasteiger charge is 2.04. The largest absolute Gasteiger partial charge is 0.636 e. The maximum absolute atomic E-state index is 10.2. The highest BCUT2D eigenvalue weighted by Crippen LogP contribution is 2.19. The molecule has 0 saturated carbocycles. The van der Waals surface area contributed by atoms with Crippen molar-refractivity contribution in [2.24, 2.45) is 5.92 Å². The smallest absolute Gasteiger partial charge is 0.0942 e. The van der Waals surface area contributed by atoms with Crippen molar-refractivity contribution in [2.45, 2.75) is 53.4 Å². The minimum Gasteiger partial charge on any atom is -0.636 e. The SMILES string of the molecule is CCC(CC)/C(C)=C/CC/C(C)=C/C[NH2+][O-]. The molecule has 0 amide bonds. The Morgan fingerprint density at radius 1 is 1.19 bits per heavy atom. The first kappa shape index (κ1) is 15.4. The van der Waals surface area contributed by atoms with E-state index in [0.29, 0.717) is 6.54 Å². The summed E-state index contributed by atoms with van der Waals surface area (Å²) < 4.78 is 0. The Balaban J connectivity index is 3.98. The topological polar surface area (TPSA) is 39.7 Å². The number of hydrogen-bond acceptors (Lipinski definition) is 1. The lowest BCUT2D eigenvalue weighted by molar-refractivity contribution is -0.578. The molecule has 16 heavy (non-hydrogen) atoms. The monoisotopic (exact) mass is 225 g/mol. The van der Waals surface area contributed by atoms with Crippen LogP contribution in [0, 0.1) is 11.1 Å². The molecule has 0 spiro atoms. The molecule has 0 aliphatic carbocycles. The Kier molecular flexibility index (Phi) is 9.25. The van der Waals surface area contributed by atoms with Crippen molar-refractivity contribution in [1.82, 2.24) is 0 Å². The van der Waals surface area contributed by atoms with Gasteiger partial charge in [-0.05, 0) is 51.5 Å². The van der Waals surface area contributed by atoms with Crippen LogP contribution < -0.4 is 5.48 Å². The quantitative estimate of drug-likeness (QED) is 0.500. The number of hydroxylamine groups is 1. The zero-order chi connectivity index (χ0) is 12.4. The van der Waals surface area contributed by atoms with E-state index >= 15 is 0 Å². The van der Waals surface area contributed by atoms with E-state index in [1.807, 2.05) is 6.08 Å². The van der Waals surface area contributed by atoms with Crippen molar-refractivity contribution in [1.29, 1.82) is 0 Å². The van der Waals surface area contributed by atoms with Crippen LogP contribution in [0.2, 0.25) is 0 Å². The molecule has 0 fully saturated rings. The van der Waals surface area contributed by atoms with E-state index in [4.69, 9.17) is 0 Å². The first-order chi connectivity index (χ1) is 7.65. The third kappa shape index (κ3) is 6.81. The van der Waals surface area contributed by atoms with Gasteiger partial charge in [0.05, 0.1) is 6.54 Å². The molecule has 0 bridgehead atoms. The molecular weight excluding hydrogens is 198 g/mol. The van der Waals surface area contributed by atoms with E-state index in [1.165, 1.54) is 24.0 Å². The molecule has 0 aromatic carbocycles. The fourth-order valence-corrected chi connectivity index (χ4v) is 1.98. The van der Waals surface area contributed by atoms with Gasteiger partial charge in [-0.25, -0.2) is 0 Å². The predicted molar refractivity (Wildman–Crippen MR) is 71.0 cm³/mol. The van der Waals surface area contributed by atoms with Crippen LogP contribution in [0.1, 0.15) is 53.4 Å². The summed E-state index contributed by atoms with van der Waals surface area (Å²) in [6.45, 7) is 9.40. The Labute approximate surface area is 100 Å². The molecule has 0 atom stereocenters. The second-order valence-corrected chi connectivity index (χ2v) is 4.45. The molecule has 0 unspecified atom stereocenters. The molecule has 94 valence electrons. The molecule has 2 nitrogen and oxygen atoms in total. The van der Waals surface area contributed by atoms with Gasteiger partial charge in [0.1, 0.15) is 0 Å². The zero-order valence-electron chi connectivity index (χ0n) is 11.3. The molecule has 0 radical (unpaired) electrons. The average molecular weight is 225 g/mol. The van der Waals surface area contributed by atoms with Gasteiger partial charge in [-0.15, -0.1) is 0 Å². The molecule has 2 heteroatoms. The van der Waals surface area contributed by atoms with Crippen LogP contribution in [0.3, 0.4) is 0 Å². The van der Waals surface area contributed by atoms with Crippen LogP contribution in [0.4, 0.5) is 0 Å². The molecule has 2 N–H and O–H groups in total. The summed E-state index contributed by atoms with van der Waals surface area (Å²) in [7, 11) is 0. The lowest BCUT2D eigenvalue weighted by Gasteiger charge is -2.12. The number of nitrogens with two attached hydrogens (primary N) is 1. The van der Waals surface area contributed by atoms with Gasteiger partial charge in [-0.1, -0.05) is 31.1 Å². The van der Waals surface area contributed by atoms with E-state index < -0.39 is 0 Å². The van der Waals surface area contributed by atoms with Crippen LogP contribution in [0.15, 0.2) is 23.3 Å². The van der Waals surface area contributed by atoms with Crippen LogP contribution in [-0.4, -0.2) is 6.54 Å². The fourth-order valence-electron chi connectivity index (χ4n) is 1.98. The van der Waals surface area contributed by atoms with Crippen molar-refractivity contribution >= 4 is 0 Å². The van der Waals surface area contributed by atoms with Crippen molar-refractivity contribution in [3.8, 4) is 0 Å². The van der Waals surface area contributed by atoms with Crippen LogP contribution >= 0.6 is 0 Å². The summed E-state index contributed by atoms with van der Waals surface area (Å²) in [5.74, 6) is 0.749. The summed E-state index contributed by atoms with van der Waals surface area (Å²) in [5, 5.41) is 10.2. The summed E-state index contributed by atoms with van der Waals surface area (Å²) in [5.41, 5.74) is 3.79. The minimum atomic E-state index is 0.557. The highest BCUT2D eigenvalue weighted by atomic mass is 16.5. The molecule has 0 saturated heterocycles. The highest BCUT2D eigenvalue weighted by molar-refractivity contribution is 5.06. The van der Waals surface area contributed by atoms with E-state index in [2.05, 4.69) is 33.8 Å². The van der Waals surface area contributed by atoms with E-state index in [0.717, 1.165) is 24.2 Å². The number of quaternary nitrogens is 1. The first-order valence-electron chi connectivity index (χ1n) is 6.41. The number of allylic oxidation sites excluding steroid dienone is 3. The Morgan fingerprint density at radius 3 is 2.31 bits per heavy atom. The summed E-state index contributed by atoms with van der Waals surface area (Å²) in [6.07, 6.45) is 9.02. The average Bonchev–Trinajstić information content (AvgIpc) is 2.28. The summed E-state index contributed by atoms with van der Waals surface area (Å²) in [4.78, 5) is 0. The maximum atomic E-state index is 10.2. The van der Waals surface area contributed by atoms with Crippen LogP contribution in [-0.2, 0) is 0 Å². The number of rotatable bonds is 8. The van der Waals surface area contributed by atoms with Gasteiger partial charge in [0.2, 0.25) is 0 Å². The summed E-state index contributed by atoms with van der Waals surface area (Å²) in [6, 6.07) is 0. The first-order valence-corrected chi connectivity index (χ1v) is 6.41. The Bertz CT molecular complexity index is 227. The standard InChI is InChI=1S/C14H27NO/c1-5-14(6-2)13(4)9-7-8-12(3)10-11-15-16/h9-10,14H,5-8,11,15H2,1-4H3/b12-10+,13-9+. The van der Waals surface area contributed by atoms with E-state index in [1.54, 1.807) is 0 Å². The van der Waals surface area contributed by atoms with Crippen molar-refractivity contribution in [2.75, 3.05) is 6.54 Å². The molecule has 0 aromatic heterocycles. The second-order valence-electron chi connectivity index (χ2n) is 4.45. The third-order valence-electron chi connectivity index (χ3n) is 3.20. The molecular formula is C14H27NO. The van der Waals surface area contributed by atoms with Gasteiger partial charge >= 0.3 is 0 Å². The Hall–Kier alpha value is -0.600. The van der Waals surface area contributed by atoms with Gasteiger partial charge in [0.15, 0.2) is 0 Å². The molecule has 0 aliphatic heterocycles. The predicted octanol–water partition coefficient (Wildman–Crippen LogP) is 3.16.